The third-order valence-corrected chi connectivity index (χ3v) is 3.48. The van der Waals surface area contributed by atoms with Crippen molar-refractivity contribution in [2.45, 2.75) is 18.9 Å². The van der Waals surface area contributed by atoms with Gasteiger partial charge in [0.15, 0.2) is 0 Å². The number of rotatable bonds is 5. The number of carboxylic acid groups (broad SMARTS) is 1. The highest BCUT2D eigenvalue weighted by Gasteiger charge is 2.23. The fraction of sp³-hybridized carbons (Fsp3) is 0.818. The molecule has 0 aromatic rings. The maximum atomic E-state index is 11.9. The van der Waals surface area contributed by atoms with Crippen LogP contribution in [0, 0.1) is 0 Å². The summed E-state index contributed by atoms with van der Waals surface area (Å²) in [6.07, 6.45) is 3.27. The lowest BCUT2D eigenvalue weighted by Crippen LogP contribution is -2.49. The molecule has 0 aliphatic carbocycles. The van der Waals surface area contributed by atoms with Gasteiger partial charge in [-0.1, -0.05) is 0 Å². The van der Waals surface area contributed by atoms with Gasteiger partial charge in [0.25, 0.3) is 0 Å². The van der Waals surface area contributed by atoms with Gasteiger partial charge in [-0.25, -0.2) is 9.59 Å². The Bertz CT molecular complexity index is 281. The van der Waals surface area contributed by atoms with Crippen molar-refractivity contribution >= 4 is 23.8 Å². The molecule has 0 saturated carbocycles. The quantitative estimate of drug-likeness (QED) is 0.667. The highest BCUT2D eigenvalue weighted by atomic mass is 32.2. The molecule has 2 amide bonds. The van der Waals surface area contributed by atoms with Gasteiger partial charge in [-0.2, -0.15) is 11.8 Å². The normalized spacial score (nSPS) is 17.9. The number of carbonyl (C=O) groups excluding carboxylic acids is 1. The summed E-state index contributed by atoms with van der Waals surface area (Å²) in [5.74, 6) is -0.246. The molecule has 104 valence electrons. The van der Waals surface area contributed by atoms with E-state index in [1.54, 1.807) is 16.7 Å². The van der Waals surface area contributed by atoms with Crippen molar-refractivity contribution in [2.24, 2.45) is 0 Å². The molecular formula is C11H21N3O3S. The number of urea groups is 1. The van der Waals surface area contributed by atoms with Crippen LogP contribution in [0.2, 0.25) is 0 Å². The summed E-state index contributed by atoms with van der Waals surface area (Å²) in [5, 5.41) is 14.8. The van der Waals surface area contributed by atoms with Gasteiger partial charge in [0.1, 0.15) is 6.04 Å². The molecule has 1 aliphatic rings. The van der Waals surface area contributed by atoms with Crippen molar-refractivity contribution in [3.8, 4) is 0 Å². The summed E-state index contributed by atoms with van der Waals surface area (Å²) in [6.45, 7) is 2.96. The average Bonchev–Trinajstić information content (AvgIpc) is 2.62. The van der Waals surface area contributed by atoms with E-state index in [1.165, 1.54) is 0 Å². The molecule has 3 N–H and O–H groups in total. The highest BCUT2D eigenvalue weighted by Crippen LogP contribution is 2.03. The van der Waals surface area contributed by atoms with Gasteiger partial charge in [-0.3, -0.25) is 0 Å². The molecule has 0 aromatic carbocycles. The summed E-state index contributed by atoms with van der Waals surface area (Å²) >= 11 is 1.58. The minimum atomic E-state index is -0.967. The molecule has 1 rings (SSSR count). The van der Waals surface area contributed by atoms with Gasteiger partial charge in [-0.05, 0) is 31.4 Å². The van der Waals surface area contributed by atoms with E-state index in [1.807, 2.05) is 6.26 Å². The largest absolute Gasteiger partial charge is 0.480 e. The van der Waals surface area contributed by atoms with Crippen LogP contribution in [0.25, 0.3) is 0 Å². The third-order valence-electron chi connectivity index (χ3n) is 2.83. The lowest BCUT2D eigenvalue weighted by Gasteiger charge is -2.23. The third kappa shape index (κ3) is 5.14. The van der Waals surface area contributed by atoms with Crippen molar-refractivity contribution < 1.29 is 14.7 Å². The van der Waals surface area contributed by atoms with Crippen molar-refractivity contribution in [1.82, 2.24) is 15.5 Å². The fourth-order valence-corrected chi connectivity index (χ4v) is 2.25. The van der Waals surface area contributed by atoms with Gasteiger partial charge in [-0.15, -0.1) is 0 Å². The summed E-state index contributed by atoms with van der Waals surface area (Å²) in [5.41, 5.74) is 0. The van der Waals surface area contributed by atoms with Crippen molar-refractivity contribution in [3.05, 3.63) is 0 Å². The Balaban J connectivity index is 2.45. The van der Waals surface area contributed by atoms with Crippen LogP contribution < -0.4 is 10.6 Å². The standard InChI is InChI=1S/C11H21N3O3S/c1-18-8-3-9(10(15)16)13-11(17)14-6-2-4-12-5-7-14/h9,12H,2-8H2,1H3,(H,13,17)(H,15,16)/t9-/m1/s1. The first-order chi connectivity index (χ1) is 8.65. The van der Waals surface area contributed by atoms with Crippen molar-refractivity contribution in [1.29, 1.82) is 0 Å². The van der Waals surface area contributed by atoms with Crippen molar-refractivity contribution in [3.63, 3.8) is 0 Å². The summed E-state index contributed by atoms with van der Waals surface area (Å²) in [6, 6.07) is -1.06. The molecule has 0 spiro atoms. The van der Waals surface area contributed by atoms with Crippen LogP contribution in [0.15, 0.2) is 0 Å². The van der Waals surface area contributed by atoms with E-state index in [0.717, 1.165) is 25.3 Å². The van der Waals surface area contributed by atoms with E-state index in [-0.39, 0.29) is 6.03 Å². The van der Waals surface area contributed by atoms with Crippen LogP contribution in [0.1, 0.15) is 12.8 Å². The number of hydrogen-bond donors (Lipinski definition) is 3. The molecule has 1 fully saturated rings. The van der Waals surface area contributed by atoms with E-state index in [2.05, 4.69) is 10.6 Å². The van der Waals surface area contributed by atoms with Crippen LogP contribution in [-0.2, 0) is 4.79 Å². The van der Waals surface area contributed by atoms with Crippen LogP contribution in [0.5, 0.6) is 0 Å². The molecule has 0 bridgehead atoms. The van der Waals surface area contributed by atoms with Gasteiger partial charge < -0.3 is 20.6 Å². The molecule has 18 heavy (non-hydrogen) atoms. The lowest BCUT2D eigenvalue weighted by atomic mass is 10.2. The zero-order chi connectivity index (χ0) is 13.4. The van der Waals surface area contributed by atoms with E-state index in [9.17, 15) is 9.59 Å². The minimum absolute atomic E-state index is 0.271. The van der Waals surface area contributed by atoms with Crippen LogP contribution in [-0.4, -0.2) is 66.2 Å². The molecule has 0 aromatic heterocycles. The number of carboxylic acids is 1. The number of thioether (sulfide) groups is 1. The minimum Gasteiger partial charge on any atom is -0.480 e. The van der Waals surface area contributed by atoms with Crippen LogP contribution in [0.3, 0.4) is 0 Å². The number of amides is 2. The molecule has 7 heteroatoms. The van der Waals surface area contributed by atoms with E-state index >= 15 is 0 Å². The summed E-state index contributed by atoms with van der Waals surface area (Å²) in [4.78, 5) is 24.7. The molecule has 6 nitrogen and oxygen atoms in total. The first kappa shape index (κ1) is 15.1. The van der Waals surface area contributed by atoms with Gasteiger partial charge in [0.2, 0.25) is 0 Å². The van der Waals surface area contributed by atoms with E-state index in [4.69, 9.17) is 5.11 Å². The molecule has 0 radical (unpaired) electrons. The van der Waals surface area contributed by atoms with E-state index < -0.39 is 12.0 Å². The highest BCUT2D eigenvalue weighted by molar-refractivity contribution is 7.98. The van der Waals surface area contributed by atoms with E-state index in [0.29, 0.717) is 19.5 Å². The lowest BCUT2D eigenvalue weighted by molar-refractivity contribution is -0.139. The van der Waals surface area contributed by atoms with Crippen LogP contribution in [0.4, 0.5) is 4.79 Å². The topological polar surface area (TPSA) is 81.7 Å². The number of carbonyl (C=O) groups is 2. The Hall–Kier alpha value is -0.950. The summed E-state index contributed by atoms with van der Waals surface area (Å²) < 4.78 is 0. The molecule has 1 saturated heterocycles. The fourth-order valence-electron chi connectivity index (χ4n) is 1.78. The SMILES string of the molecule is CSCC[C@@H](NC(=O)N1CCCNCC1)C(=O)O. The number of nitrogens with zero attached hydrogens (tertiary/aromatic N) is 1. The predicted molar refractivity (Wildman–Crippen MR) is 72.0 cm³/mol. The predicted octanol–water partition coefficient (Wildman–Crippen LogP) is 0.198. The zero-order valence-electron chi connectivity index (χ0n) is 10.6. The molecule has 1 heterocycles. The Labute approximate surface area is 111 Å². The first-order valence-corrected chi connectivity index (χ1v) is 7.52. The molecule has 1 atom stereocenters. The molecule has 1 aliphatic heterocycles. The van der Waals surface area contributed by atoms with Gasteiger partial charge >= 0.3 is 12.0 Å². The Morgan fingerprint density at radius 1 is 1.44 bits per heavy atom. The second-order valence-corrected chi connectivity index (χ2v) is 5.20. The molecule has 0 unspecified atom stereocenters. The second kappa shape index (κ2) is 8.20. The van der Waals surface area contributed by atoms with Gasteiger partial charge in [0.05, 0.1) is 0 Å². The maximum absolute atomic E-state index is 11.9. The van der Waals surface area contributed by atoms with Gasteiger partial charge in [0, 0.05) is 19.6 Å². The van der Waals surface area contributed by atoms with Crippen molar-refractivity contribution in [2.75, 3.05) is 38.2 Å². The Morgan fingerprint density at radius 3 is 2.89 bits per heavy atom. The Morgan fingerprint density at radius 2 is 2.22 bits per heavy atom. The number of hydrogen-bond acceptors (Lipinski definition) is 4. The Kier molecular flexibility index (Phi) is 6.89. The first-order valence-electron chi connectivity index (χ1n) is 6.13. The second-order valence-electron chi connectivity index (χ2n) is 4.21. The van der Waals surface area contributed by atoms with Crippen LogP contribution >= 0.6 is 11.8 Å². The monoisotopic (exact) mass is 275 g/mol. The smallest absolute Gasteiger partial charge is 0.326 e. The maximum Gasteiger partial charge on any atom is 0.326 e. The number of nitrogens with one attached hydrogen (secondary N) is 2. The summed E-state index contributed by atoms with van der Waals surface area (Å²) in [7, 11) is 0. The molecular weight excluding hydrogens is 254 g/mol. The average molecular weight is 275 g/mol. The zero-order valence-corrected chi connectivity index (χ0v) is 11.5. The number of aliphatic carboxylic acids is 1.